The molecular formula is C18H23ClN2O3. The van der Waals surface area contributed by atoms with Gasteiger partial charge in [0.15, 0.2) is 0 Å². The van der Waals surface area contributed by atoms with Gasteiger partial charge in [-0.1, -0.05) is 24.6 Å². The van der Waals surface area contributed by atoms with Gasteiger partial charge in [-0.3, -0.25) is 4.79 Å². The monoisotopic (exact) mass is 350 g/mol. The van der Waals surface area contributed by atoms with Crippen LogP contribution in [-0.2, 0) is 0 Å². The maximum Gasteiger partial charge on any atom is 0.407 e. The van der Waals surface area contributed by atoms with E-state index in [0.29, 0.717) is 36.6 Å². The van der Waals surface area contributed by atoms with Gasteiger partial charge in [0.2, 0.25) is 0 Å². The molecule has 0 spiro atoms. The number of nitrogens with zero attached hydrogens (tertiary/aromatic N) is 2. The van der Waals surface area contributed by atoms with E-state index >= 15 is 0 Å². The van der Waals surface area contributed by atoms with E-state index in [2.05, 4.69) is 6.92 Å². The van der Waals surface area contributed by atoms with E-state index in [-0.39, 0.29) is 17.4 Å². The van der Waals surface area contributed by atoms with Crippen LogP contribution in [0.2, 0.25) is 5.02 Å². The Morgan fingerprint density at radius 2 is 2.12 bits per heavy atom. The van der Waals surface area contributed by atoms with Crippen LogP contribution in [0.25, 0.3) is 0 Å². The smallest absolute Gasteiger partial charge is 0.407 e. The van der Waals surface area contributed by atoms with Crippen molar-refractivity contribution in [3.63, 3.8) is 0 Å². The fraction of sp³-hybridized carbons (Fsp3) is 0.556. The molecule has 1 aromatic carbocycles. The van der Waals surface area contributed by atoms with Crippen LogP contribution in [-0.4, -0.2) is 52.6 Å². The molecule has 2 aliphatic rings. The number of carboxylic acid groups (broad SMARTS) is 1. The average molecular weight is 351 g/mol. The third-order valence-corrected chi connectivity index (χ3v) is 5.70. The summed E-state index contributed by atoms with van der Waals surface area (Å²) in [5, 5.41) is 9.78. The number of rotatable bonds is 4. The molecule has 1 N–H and O–H groups in total. The zero-order valence-corrected chi connectivity index (χ0v) is 14.8. The van der Waals surface area contributed by atoms with Crippen molar-refractivity contribution in [1.82, 2.24) is 9.80 Å². The second kappa shape index (κ2) is 6.28. The van der Waals surface area contributed by atoms with Crippen molar-refractivity contribution >= 4 is 23.6 Å². The minimum atomic E-state index is -0.915. The molecule has 24 heavy (non-hydrogen) atoms. The fourth-order valence-corrected chi connectivity index (χ4v) is 3.49. The number of benzene rings is 1. The van der Waals surface area contributed by atoms with Crippen LogP contribution >= 0.6 is 11.6 Å². The standard InChI is InChI=1S/C18H23ClN2O3/c1-12-14(4-3-5-15(12)19)16(22)21(11-18(2)7-8-18)13-6-9-20(10-13)17(23)24/h3-5,13H,6-11H2,1-2H3,(H,23,24)/t13-/m0/s1. The average Bonchev–Trinajstić information content (AvgIpc) is 3.07. The van der Waals surface area contributed by atoms with Gasteiger partial charge < -0.3 is 14.9 Å². The quantitative estimate of drug-likeness (QED) is 0.901. The number of carbonyl (C=O) groups excluding carboxylic acids is 1. The lowest BCUT2D eigenvalue weighted by molar-refractivity contribution is 0.0636. The number of hydrogen-bond donors (Lipinski definition) is 1. The van der Waals surface area contributed by atoms with Gasteiger partial charge in [0.05, 0.1) is 6.04 Å². The lowest BCUT2D eigenvalue weighted by Gasteiger charge is -2.32. The van der Waals surface area contributed by atoms with Gasteiger partial charge in [-0.25, -0.2) is 4.79 Å². The Labute approximate surface area is 147 Å². The number of carbonyl (C=O) groups is 2. The van der Waals surface area contributed by atoms with Crippen molar-refractivity contribution in [1.29, 1.82) is 0 Å². The predicted molar refractivity (Wildman–Crippen MR) is 92.6 cm³/mol. The molecule has 3 rings (SSSR count). The van der Waals surface area contributed by atoms with Gasteiger partial charge in [0, 0.05) is 30.2 Å². The van der Waals surface area contributed by atoms with E-state index in [9.17, 15) is 14.7 Å². The second-order valence-corrected chi connectivity index (χ2v) is 7.73. The lowest BCUT2D eigenvalue weighted by atomic mass is 10.0. The summed E-state index contributed by atoms with van der Waals surface area (Å²) in [6.45, 7) is 5.58. The van der Waals surface area contributed by atoms with Crippen LogP contribution in [0.1, 0.15) is 42.1 Å². The largest absolute Gasteiger partial charge is 0.465 e. The zero-order chi connectivity index (χ0) is 17.5. The highest BCUT2D eigenvalue weighted by Gasteiger charge is 2.43. The molecule has 5 nitrogen and oxygen atoms in total. The molecule has 0 unspecified atom stereocenters. The van der Waals surface area contributed by atoms with Gasteiger partial charge in [-0.15, -0.1) is 0 Å². The summed E-state index contributed by atoms with van der Waals surface area (Å²) in [7, 11) is 0. The van der Waals surface area contributed by atoms with Crippen LogP contribution < -0.4 is 0 Å². The molecule has 0 aromatic heterocycles. The third-order valence-electron chi connectivity index (χ3n) is 5.29. The van der Waals surface area contributed by atoms with Crippen LogP contribution in [0, 0.1) is 12.3 Å². The van der Waals surface area contributed by atoms with Crippen molar-refractivity contribution in [3.8, 4) is 0 Å². The molecule has 2 fully saturated rings. The summed E-state index contributed by atoms with van der Waals surface area (Å²) < 4.78 is 0. The van der Waals surface area contributed by atoms with Crippen molar-refractivity contribution in [2.24, 2.45) is 5.41 Å². The molecular weight excluding hydrogens is 328 g/mol. The molecule has 2 amide bonds. The second-order valence-electron chi connectivity index (χ2n) is 7.33. The maximum absolute atomic E-state index is 13.2. The zero-order valence-electron chi connectivity index (χ0n) is 14.1. The van der Waals surface area contributed by atoms with E-state index in [1.54, 1.807) is 18.2 Å². The molecule has 1 aliphatic carbocycles. The summed E-state index contributed by atoms with van der Waals surface area (Å²) in [6, 6.07) is 5.31. The Balaban J connectivity index is 1.86. The van der Waals surface area contributed by atoms with E-state index < -0.39 is 6.09 Å². The summed E-state index contributed by atoms with van der Waals surface area (Å²) in [4.78, 5) is 27.7. The first kappa shape index (κ1) is 17.1. The minimum Gasteiger partial charge on any atom is -0.465 e. The maximum atomic E-state index is 13.2. The van der Waals surface area contributed by atoms with Gasteiger partial charge >= 0.3 is 6.09 Å². The Morgan fingerprint density at radius 1 is 1.42 bits per heavy atom. The van der Waals surface area contributed by atoms with Crippen molar-refractivity contribution in [2.45, 2.75) is 39.2 Å². The fourth-order valence-electron chi connectivity index (χ4n) is 3.31. The van der Waals surface area contributed by atoms with Gasteiger partial charge in [0.25, 0.3) is 5.91 Å². The summed E-state index contributed by atoms with van der Waals surface area (Å²) >= 11 is 6.18. The molecule has 1 saturated carbocycles. The molecule has 1 atom stereocenters. The van der Waals surface area contributed by atoms with Crippen LogP contribution in [0.3, 0.4) is 0 Å². The molecule has 130 valence electrons. The van der Waals surface area contributed by atoms with Gasteiger partial charge in [0.1, 0.15) is 0 Å². The molecule has 1 aliphatic heterocycles. The first-order valence-electron chi connectivity index (χ1n) is 8.35. The lowest BCUT2D eigenvalue weighted by Crippen LogP contribution is -2.45. The SMILES string of the molecule is Cc1c(Cl)cccc1C(=O)N(CC1(C)CC1)[C@H]1CCN(C(=O)O)C1. The Hall–Kier alpha value is -1.75. The van der Waals surface area contributed by atoms with Crippen molar-refractivity contribution in [3.05, 3.63) is 34.3 Å². The Kier molecular flexibility index (Phi) is 4.47. The number of halogens is 1. The highest BCUT2D eigenvalue weighted by molar-refractivity contribution is 6.31. The van der Waals surface area contributed by atoms with Gasteiger partial charge in [-0.2, -0.15) is 0 Å². The van der Waals surface area contributed by atoms with Crippen molar-refractivity contribution in [2.75, 3.05) is 19.6 Å². The molecule has 6 heteroatoms. The third kappa shape index (κ3) is 3.36. The highest BCUT2D eigenvalue weighted by Crippen LogP contribution is 2.46. The summed E-state index contributed by atoms with van der Waals surface area (Å²) in [5.41, 5.74) is 1.56. The van der Waals surface area contributed by atoms with Gasteiger partial charge in [-0.05, 0) is 49.3 Å². The first-order chi connectivity index (χ1) is 11.3. The summed E-state index contributed by atoms with van der Waals surface area (Å²) in [6.07, 6.45) is 2.00. The summed E-state index contributed by atoms with van der Waals surface area (Å²) in [5.74, 6) is -0.0413. The normalized spacial score (nSPS) is 21.6. The van der Waals surface area contributed by atoms with Crippen LogP contribution in [0.15, 0.2) is 18.2 Å². The topological polar surface area (TPSA) is 60.9 Å². The molecule has 1 aromatic rings. The highest BCUT2D eigenvalue weighted by atomic mass is 35.5. The first-order valence-corrected chi connectivity index (χ1v) is 8.72. The Morgan fingerprint density at radius 3 is 2.71 bits per heavy atom. The number of amides is 2. The van der Waals surface area contributed by atoms with E-state index in [1.807, 2.05) is 11.8 Å². The van der Waals surface area contributed by atoms with E-state index in [1.165, 1.54) is 4.90 Å². The molecule has 1 heterocycles. The molecule has 0 bridgehead atoms. The number of hydrogen-bond acceptors (Lipinski definition) is 2. The predicted octanol–water partition coefficient (Wildman–Crippen LogP) is 3.64. The molecule has 0 radical (unpaired) electrons. The van der Waals surface area contributed by atoms with Crippen LogP contribution in [0.4, 0.5) is 4.79 Å². The Bertz CT molecular complexity index is 672. The number of likely N-dealkylation sites (tertiary alicyclic amines) is 1. The molecule has 1 saturated heterocycles. The van der Waals surface area contributed by atoms with Crippen LogP contribution in [0.5, 0.6) is 0 Å². The minimum absolute atomic E-state index is 0.0413. The van der Waals surface area contributed by atoms with E-state index in [0.717, 1.165) is 18.4 Å². The van der Waals surface area contributed by atoms with E-state index in [4.69, 9.17) is 11.6 Å². The van der Waals surface area contributed by atoms with Crippen molar-refractivity contribution < 1.29 is 14.7 Å².